The van der Waals surface area contributed by atoms with E-state index in [9.17, 15) is 18.3 Å². The lowest BCUT2D eigenvalue weighted by atomic mass is 9.83. The molecule has 1 rings (SSSR count). The third-order valence-corrected chi connectivity index (χ3v) is 2.45. The summed E-state index contributed by atoms with van der Waals surface area (Å²) in [6.45, 7) is 1.57. The van der Waals surface area contributed by atoms with E-state index in [1.165, 1.54) is 6.92 Å². The van der Waals surface area contributed by atoms with Crippen LogP contribution < -0.4 is 5.32 Å². The molecule has 1 heterocycles. The van der Waals surface area contributed by atoms with Crippen LogP contribution in [0.1, 0.15) is 13.3 Å². The fraction of sp³-hybridized carbons (Fsp3) is 1.00. The summed E-state index contributed by atoms with van der Waals surface area (Å²) in [6, 6.07) is 0. The first-order chi connectivity index (χ1) is 5.38. The monoisotopic (exact) mass is 219 g/mol. The zero-order valence-electron chi connectivity index (χ0n) is 7.19. The molecule has 2 N–H and O–H groups in total. The van der Waals surface area contributed by atoms with E-state index in [1.807, 2.05) is 0 Å². The van der Waals surface area contributed by atoms with Gasteiger partial charge in [0.15, 0.2) is 5.60 Å². The van der Waals surface area contributed by atoms with Crippen molar-refractivity contribution in [3.63, 3.8) is 0 Å². The summed E-state index contributed by atoms with van der Waals surface area (Å²) < 4.78 is 36.9. The number of β-amino-alcohol motifs (C(OH)–C–C–N with tert-alkyl or cyclic N) is 1. The minimum Gasteiger partial charge on any atom is -0.379 e. The lowest BCUT2D eigenvalue weighted by molar-refractivity contribution is -0.280. The molecule has 1 saturated heterocycles. The Hall–Kier alpha value is -0.0000000000000000555. The molecule has 0 radical (unpaired) electrons. The normalized spacial score (nSPS) is 35.3. The Morgan fingerprint density at radius 1 is 1.46 bits per heavy atom. The zero-order chi connectivity index (χ0) is 9.41. The first-order valence-electron chi connectivity index (χ1n) is 3.88. The molecule has 0 saturated carbocycles. The molecule has 1 aliphatic heterocycles. The van der Waals surface area contributed by atoms with Gasteiger partial charge in [-0.05, 0) is 18.9 Å². The van der Waals surface area contributed by atoms with Crippen molar-refractivity contribution in [1.82, 2.24) is 5.32 Å². The Morgan fingerprint density at radius 3 is 2.31 bits per heavy atom. The molecular weight excluding hydrogens is 207 g/mol. The number of aliphatic hydroxyl groups is 1. The van der Waals surface area contributed by atoms with Crippen LogP contribution in [0.15, 0.2) is 0 Å². The maximum Gasteiger partial charge on any atom is 0.418 e. The lowest BCUT2D eigenvalue weighted by Crippen LogP contribution is -2.60. The van der Waals surface area contributed by atoms with Gasteiger partial charge in [-0.1, -0.05) is 6.92 Å². The van der Waals surface area contributed by atoms with E-state index in [4.69, 9.17) is 0 Å². The Labute approximate surface area is 80.9 Å². The van der Waals surface area contributed by atoms with Crippen molar-refractivity contribution >= 4 is 12.4 Å². The van der Waals surface area contributed by atoms with Crippen molar-refractivity contribution < 1.29 is 18.3 Å². The fourth-order valence-electron chi connectivity index (χ4n) is 1.39. The molecule has 0 aromatic heterocycles. The van der Waals surface area contributed by atoms with Gasteiger partial charge in [-0.2, -0.15) is 13.2 Å². The SMILES string of the molecule is CC1CCNCC1(O)C(F)(F)F.Cl. The number of rotatable bonds is 0. The highest BCUT2D eigenvalue weighted by atomic mass is 35.5. The fourth-order valence-corrected chi connectivity index (χ4v) is 1.39. The molecule has 2 unspecified atom stereocenters. The maximum atomic E-state index is 12.3. The Bertz CT molecular complexity index is 176. The minimum absolute atomic E-state index is 0. The second-order valence-corrected chi connectivity index (χ2v) is 3.29. The molecule has 0 aromatic carbocycles. The van der Waals surface area contributed by atoms with E-state index in [0.717, 1.165) is 0 Å². The summed E-state index contributed by atoms with van der Waals surface area (Å²) in [5, 5.41) is 11.8. The van der Waals surface area contributed by atoms with Crippen molar-refractivity contribution in [2.45, 2.75) is 25.1 Å². The van der Waals surface area contributed by atoms with Gasteiger partial charge in [0.1, 0.15) is 0 Å². The van der Waals surface area contributed by atoms with Gasteiger partial charge in [-0.15, -0.1) is 12.4 Å². The van der Waals surface area contributed by atoms with Crippen molar-refractivity contribution in [2.75, 3.05) is 13.1 Å². The standard InChI is InChI=1S/C7H12F3NO.ClH/c1-5-2-3-11-4-6(5,12)7(8,9)10;/h5,11-12H,2-4H2,1H3;1H. The quantitative estimate of drug-likeness (QED) is 0.644. The molecule has 2 atom stereocenters. The summed E-state index contributed by atoms with van der Waals surface area (Å²) in [5.41, 5.74) is -2.54. The third-order valence-electron chi connectivity index (χ3n) is 2.45. The van der Waals surface area contributed by atoms with Crippen molar-refractivity contribution in [2.24, 2.45) is 5.92 Å². The van der Waals surface area contributed by atoms with E-state index in [2.05, 4.69) is 5.32 Å². The summed E-state index contributed by atoms with van der Waals surface area (Å²) >= 11 is 0. The van der Waals surface area contributed by atoms with Gasteiger partial charge in [-0.3, -0.25) is 0 Å². The van der Waals surface area contributed by atoms with Gasteiger partial charge in [-0.25, -0.2) is 0 Å². The molecular formula is C7H13ClF3NO. The number of piperidine rings is 1. The summed E-state index contributed by atoms with van der Waals surface area (Å²) in [6.07, 6.45) is -4.17. The van der Waals surface area contributed by atoms with Crippen molar-refractivity contribution in [3.8, 4) is 0 Å². The molecule has 2 nitrogen and oxygen atoms in total. The van der Waals surface area contributed by atoms with E-state index in [1.54, 1.807) is 0 Å². The molecule has 0 aromatic rings. The topological polar surface area (TPSA) is 32.3 Å². The summed E-state index contributed by atoms with van der Waals surface area (Å²) in [5.74, 6) is -0.723. The van der Waals surface area contributed by atoms with Gasteiger partial charge < -0.3 is 10.4 Å². The van der Waals surface area contributed by atoms with E-state index in [0.29, 0.717) is 13.0 Å². The number of halogens is 4. The van der Waals surface area contributed by atoms with Crippen molar-refractivity contribution in [1.29, 1.82) is 0 Å². The second kappa shape index (κ2) is 4.02. The van der Waals surface area contributed by atoms with E-state index in [-0.39, 0.29) is 12.4 Å². The average molecular weight is 220 g/mol. The largest absolute Gasteiger partial charge is 0.418 e. The van der Waals surface area contributed by atoms with Gasteiger partial charge >= 0.3 is 6.18 Å². The van der Waals surface area contributed by atoms with Crippen LogP contribution >= 0.6 is 12.4 Å². The van der Waals surface area contributed by atoms with Gasteiger partial charge in [0.25, 0.3) is 0 Å². The highest BCUT2D eigenvalue weighted by Gasteiger charge is 2.57. The van der Waals surface area contributed by atoms with Crippen molar-refractivity contribution in [3.05, 3.63) is 0 Å². The molecule has 1 fully saturated rings. The van der Waals surface area contributed by atoms with Crippen LogP contribution in [0.3, 0.4) is 0 Å². The number of hydrogen-bond acceptors (Lipinski definition) is 2. The van der Waals surface area contributed by atoms with Crippen LogP contribution in [-0.2, 0) is 0 Å². The van der Waals surface area contributed by atoms with Gasteiger partial charge in [0.05, 0.1) is 0 Å². The van der Waals surface area contributed by atoms with Crippen LogP contribution in [0, 0.1) is 5.92 Å². The first kappa shape index (κ1) is 13.0. The Balaban J connectivity index is 0.00000144. The molecule has 13 heavy (non-hydrogen) atoms. The predicted octanol–water partition coefficient (Wildman–Crippen LogP) is 1.33. The summed E-state index contributed by atoms with van der Waals surface area (Å²) in [7, 11) is 0. The van der Waals surface area contributed by atoms with E-state index >= 15 is 0 Å². The minimum atomic E-state index is -4.53. The predicted molar refractivity (Wildman–Crippen MR) is 44.9 cm³/mol. The van der Waals surface area contributed by atoms with Crippen LogP contribution in [0.4, 0.5) is 13.2 Å². The number of nitrogens with one attached hydrogen (secondary N) is 1. The van der Waals surface area contributed by atoms with Gasteiger partial charge in [0, 0.05) is 6.54 Å². The first-order valence-corrected chi connectivity index (χ1v) is 3.88. The van der Waals surface area contributed by atoms with Crippen LogP contribution in [-0.4, -0.2) is 30.0 Å². The molecule has 1 aliphatic rings. The molecule has 0 amide bonds. The van der Waals surface area contributed by atoms with Crippen LogP contribution in [0.5, 0.6) is 0 Å². The number of alkyl halides is 3. The summed E-state index contributed by atoms with van der Waals surface area (Å²) in [4.78, 5) is 0. The Kier molecular flexibility index (Phi) is 4.02. The molecule has 0 spiro atoms. The van der Waals surface area contributed by atoms with Gasteiger partial charge in [0.2, 0.25) is 0 Å². The van der Waals surface area contributed by atoms with Crippen LogP contribution in [0.2, 0.25) is 0 Å². The lowest BCUT2D eigenvalue weighted by Gasteiger charge is -2.39. The average Bonchev–Trinajstić information content (AvgIpc) is 1.93. The highest BCUT2D eigenvalue weighted by molar-refractivity contribution is 5.85. The molecule has 0 aliphatic carbocycles. The Morgan fingerprint density at radius 2 is 2.00 bits per heavy atom. The van der Waals surface area contributed by atoms with E-state index < -0.39 is 24.2 Å². The van der Waals surface area contributed by atoms with Crippen LogP contribution in [0.25, 0.3) is 0 Å². The molecule has 0 bridgehead atoms. The molecule has 80 valence electrons. The maximum absolute atomic E-state index is 12.3. The second-order valence-electron chi connectivity index (χ2n) is 3.29. The zero-order valence-corrected chi connectivity index (χ0v) is 8.00. The highest BCUT2D eigenvalue weighted by Crippen LogP contribution is 2.38. The third kappa shape index (κ3) is 2.27. The number of hydrogen-bond donors (Lipinski definition) is 2. The molecule has 6 heteroatoms. The smallest absolute Gasteiger partial charge is 0.379 e.